The van der Waals surface area contributed by atoms with Gasteiger partial charge >= 0.3 is 6.18 Å². The van der Waals surface area contributed by atoms with Crippen molar-refractivity contribution in [3.8, 4) is 6.07 Å². The fourth-order valence-electron chi connectivity index (χ4n) is 3.28. The van der Waals surface area contributed by atoms with E-state index in [1.807, 2.05) is 20.8 Å². The zero-order valence-electron chi connectivity index (χ0n) is 13.1. The number of rotatable bonds is 6. The summed E-state index contributed by atoms with van der Waals surface area (Å²) in [4.78, 5) is 1.51. The van der Waals surface area contributed by atoms with E-state index >= 15 is 0 Å². The quantitative estimate of drug-likeness (QED) is 0.817. The summed E-state index contributed by atoms with van der Waals surface area (Å²) in [6.07, 6.45) is -0.797. The third-order valence-corrected chi connectivity index (χ3v) is 3.91. The highest BCUT2D eigenvalue weighted by Gasteiger charge is 2.41. The first-order valence-electron chi connectivity index (χ1n) is 7.71. The molecule has 1 fully saturated rings. The van der Waals surface area contributed by atoms with Gasteiger partial charge in [-0.15, -0.1) is 0 Å². The maximum absolute atomic E-state index is 12.7. The molecule has 0 aliphatic heterocycles. The van der Waals surface area contributed by atoms with Gasteiger partial charge in [0.25, 0.3) is 0 Å². The normalized spacial score (nSPS) is 27.1. The van der Waals surface area contributed by atoms with E-state index in [4.69, 9.17) is 0 Å². The minimum absolute atomic E-state index is 0.144. The van der Waals surface area contributed by atoms with Gasteiger partial charge in [-0.25, -0.2) is 0 Å². The van der Waals surface area contributed by atoms with Crippen LogP contribution in [0.4, 0.5) is 13.2 Å². The lowest BCUT2D eigenvalue weighted by atomic mass is 9.78. The van der Waals surface area contributed by atoms with Gasteiger partial charge in [0.15, 0.2) is 0 Å². The molecule has 0 heterocycles. The second-order valence-corrected chi connectivity index (χ2v) is 6.33. The van der Waals surface area contributed by atoms with Gasteiger partial charge in [-0.2, -0.15) is 18.4 Å². The lowest BCUT2D eigenvalue weighted by molar-refractivity contribution is -0.153. The summed E-state index contributed by atoms with van der Waals surface area (Å²) in [5.41, 5.74) is -0.686. The molecule has 2 atom stereocenters. The van der Waals surface area contributed by atoms with Crippen LogP contribution in [-0.4, -0.2) is 41.8 Å². The molecule has 0 bridgehead atoms. The first kappa shape index (κ1) is 18.2. The molecule has 0 amide bonds. The Kier molecular flexibility index (Phi) is 6.48. The molecular formula is C15H26F3N3. The molecule has 0 aromatic heterocycles. The number of nitrogens with one attached hydrogen (secondary N) is 1. The summed E-state index contributed by atoms with van der Waals surface area (Å²) in [6.45, 7) is 5.35. The number of halogens is 3. The molecule has 6 heteroatoms. The average Bonchev–Trinajstić information content (AvgIpc) is 2.36. The van der Waals surface area contributed by atoms with Crippen LogP contribution < -0.4 is 5.32 Å². The molecule has 21 heavy (non-hydrogen) atoms. The van der Waals surface area contributed by atoms with Gasteiger partial charge in [0.2, 0.25) is 0 Å². The maximum Gasteiger partial charge on any atom is 0.401 e. The topological polar surface area (TPSA) is 39.1 Å². The van der Waals surface area contributed by atoms with Crippen molar-refractivity contribution >= 4 is 0 Å². The first-order chi connectivity index (χ1) is 9.71. The minimum atomic E-state index is -4.19. The zero-order valence-corrected chi connectivity index (χ0v) is 13.1. The van der Waals surface area contributed by atoms with E-state index in [2.05, 4.69) is 11.4 Å². The van der Waals surface area contributed by atoms with Gasteiger partial charge < -0.3 is 0 Å². The van der Waals surface area contributed by atoms with Crippen LogP contribution in [0.25, 0.3) is 0 Å². The molecule has 0 aromatic carbocycles. The van der Waals surface area contributed by atoms with Crippen LogP contribution in [0.15, 0.2) is 0 Å². The Morgan fingerprint density at radius 1 is 1.43 bits per heavy atom. The predicted octanol–water partition coefficient (Wildman–Crippen LogP) is 3.46. The Hall–Kier alpha value is -0.800. The van der Waals surface area contributed by atoms with Crippen molar-refractivity contribution in [1.29, 1.82) is 5.26 Å². The molecule has 3 nitrogen and oxygen atoms in total. The number of nitrogens with zero attached hydrogens (tertiary/aromatic N) is 2. The van der Waals surface area contributed by atoms with Crippen LogP contribution in [0.1, 0.15) is 52.9 Å². The summed E-state index contributed by atoms with van der Waals surface area (Å²) in [5, 5.41) is 12.8. The van der Waals surface area contributed by atoms with E-state index in [9.17, 15) is 18.4 Å². The van der Waals surface area contributed by atoms with Crippen LogP contribution in [0.3, 0.4) is 0 Å². The standard InChI is InChI=1S/C15H26F3N3/c1-4-8-21(11-15(16,17)18)13-6-5-7-14(9-13,10-19)20-12(2)3/h12-13,20H,4-9,11H2,1-3H3. The fourth-order valence-corrected chi connectivity index (χ4v) is 3.28. The molecular weight excluding hydrogens is 279 g/mol. The SMILES string of the molecule is CCCN(CC(F)(F)F)C1CCCC(C#N)(NC(C)C)C1. The molecule has 122 valence electrons. The predicted molar refractivity (Wildman–Crippen MR) is 76.8 cm³/mol. The van der Waals surface area contributed by atoms with Gasteiger partial charge in [-0.3, -0.25) is 10.2 Å². The van der Waals surface area contributed by atoms with Gasteiger partial charge in [0, 0.05) is 12.1 Å². The highest BCUT2D eigenvalue weighted by atomic mass is 19.4. The number of hydrogen-bond acceptors (Lipinski definition) is 3. The second kappa shape index (κ2) is 7.46. The summed E-state index contributed by atoms with van der Waals surface area (Å²) in [7, 11) is 0. The Bertz CT molecular complexity index is 362. The van der Waals surface area contributed by atoms with Crippen LogP contribution in [0, 0.1) is 11.3 Å². The maximum atomic E-state index is 12.7. The van der Waals surface area contributed by atoms with Crippen molar-refractivity contribution in [3.05, 3.63) is 0 Å². The van der Waals surface area contributed by atoms with E-state index in [0.29, 0.717) is 25.8 Å². The molecule has 1 saturated carbocycles. The summed E-state index contributed by atoms with van der Waals surface area (Å²) in [5.74, 6) is 0. The highest BCUT2D eigenvalue weighted by molar-refractivity contribution is 5.11. The van der Waals surface area contributed by atoms with Crippen molar-refractivity contribution in [2.24, 2.45) is 0 Å². The summed E-state index contributed by atoms with van der Waals surface area (Å²) in [6, 6.07) is 2.29. The van der Waals surface area contributed by atoms with Crippen LogP contribution in [0.2, 0.25) is 0 Å². The Morgan fingerprint density at radius 2 is 2.10 bits per heavy atom. The van der Waals surface area contributed by atoms with Gasteiger partial charge in [0.05, 0.1) is 12.6 Å². The van der Waals surface area contributed by atoms with E-state index < -0.39 is 18.3 Å². The number of hydrogen-bond donors (Lipinski definition) is 1. The van der Waals surface area contributed by atoms with Crippen molar-refractivity contribution in [2.75, 3.05) is 13.1 Å². The number of alkyl halides is 3. The molecule has 0 radical (unpaired) electrons. The molecule has 2 unspecified atom stereocenters. The fraction of sp³-hybridized carbons (Fsp3) is 0.933. The van der Waals surface area contributed by atoms with E-state index in [0.717, 1.165) is 12.8 Å². The van der Waals surface area contributed by atoms with Crippen molar-refractivity contribution in [3.63, 3.8) is 0 Å². The molecule has 1 aliphatic rings. The largest absolute Gasteiger partial charge is 0.401 e. The smallest absolute Gasteiger partial charge is 0.297 e. The van der Waals surface area contributed by atoms with Crippen LogP contribution in [0.5, 0.6) is 0 Å². The zero-order chi connectivity index (χ0) is 16.1. The molecule has 0 aromatic rings. The van der Waals surface area contributed by atoms with E-state index in [-0.39, 0.29) is 12.1 Å². The average molecular weight is 305 g/mol. The third-order valence-electron chi connectivity index (χ3n) is 3.91. The van der Waals surface area contributed by atoms with Crippen molar-refractivity contribution < 1.29 is 13.2 Å². The molecule has 0 saturated heterocycles. The molecule has 1 N–H and O–H groups in total. The Balaban J connectivity index is 2.82. The minimum Gasteiger partial charge on any atom is -0.297 e. The van der Waals surface area contributed by atoms with E-state index in [1.54, 1.807) is 0 Å². The van der Waals surface area contributed by atoms with Crippen LogP contribution in [-0.2, 0) is 0 Å². The van der Waals surface area contributed by atoms with Crippen molar-refractivity contribution in [2.45, 2.75) is 76.7 Å². The van der Waals surface area contributed by atoms with Gasteiger partial charge in [-0.1, -0.05) is 6.92 Å². The summed E-state index contributed by atoms with van der Waals surface area (Å²) < 4.78 is 38.2. The molecule has 0 spiro atoms. The van der Waals surface area contributed by atoms with Gasteiger partial charge in [-0.05, 0) is 52.5 Å². The lowest BCUT2D eigenvalue weighted by Gasteiger charge is -2.42. The Morgan fingerprint density at radius 3 is 2.57 bits per heavy atom. The lowest BCUT2D eigenvalue weighted by Crippen LogP contribution is -2.55. The molecule has 1 rings (SSSR count). The van der Waals surface area contributed by atoms with Crippen LogP contribution >= 0.6 is 0 Å². The van der Waals surface area contributed by atoms with Crippen molar-refractivity contribution in [1.82, 2.24) is 10.2 Å². The monoisotopic (exact) mass is 305 g/mol. The van der Waals surface area contributed by atoms with Gasteiger partial charge in [0.1, 0.15) is 5.54 Å². The molecule has 1 aliphatic carbocycles. The number of nitriles is 1. The Labute approximate surface area is 125 Å². The first-order valence-corrected chi connectivity index (χ1v) is 7.71. The van der Waals surface area contributed by atoms with E-state index in [1.165, 1.54) is 4.90 Å². The third kappa shape index (κ3) is 5.84. The summed E-state index contributed by atoms with van der Waals surface area (Å²) >= 11 is 0. The second-order valence-electron chi connectivity index (χ2n) is 6.33. The highest BCUT2D eigenvalue weighted by Crippen LogP contribution is 2.33.